The zero-order valence-corrected chi connectivity index (χ0v) is 24.9. The van der Waals surface area contributed by atoms with E-state index in [0.717, 1.165) is 60.5 Å². The third-order valence-corrected chi connectivity index (χ3v) is 7.83. The topological polar surface area (TPSA) is 92.2 Å². The number of aryl methyl sites for hydroxylation is 1. The van der Waals surface area contributed by atoms with Gasteiger partial charge in [-0.3, -0.25) is 20.0 Å². The van der Waals surface area contributed by atoms with E-state index in [1.165, 1.54) is 0 Å². The fourth-order valence-electron chi connectivity index (χ4n) is 5.29. The van der Waals surface area contributed by atoms with Gasteiger partial charge in [0.1, 0.15) is 5.82 Å². The van der Waals surface area contributed by atoms with Gasteiger partial charge in [-0.15, -0.1) is 0 Å². The molecule has 2 aromatic heterocycles. The van der Waals surface area contributed by atoms with Crippen molar-refractivity contribution in [2.24, 2.45) is 5.92 Å². The first-order valence-electron chi connectivity index (χ1n) is 14.6. The van der Waals surface area contributed by atoms with Crippen molar-refractivity contribution in [1.29, 1.82) is 0 Å². The van der Waals surface area contributed by atoms with Gasteiger partial charge < -0.3 is 5.32 Å². The molecule has 0 saturated carbocycles. The SMILES string of the molecule is Cc1ccc(-n2nc(C(C)(C)C)cc2NC(=O)Nc2ccccc2CC2CCN(CC(=O)c3cccnc3)CC2)cc1. The Hall–Kier alpha value is -4.30. The van der Waals surface area contributed by atoms with E-state index in [1.54, 1.807) is 23.1 Å². The molecule has 8 heteroatoms. The number of para-hydroxylation sites is 1. The molecule has 3 heterocycles. The number of Topliss-reactive ketones (excluding diaryl/α,β-unsaturated/α-hetero) is 1. The Morgan fingerprint density at radius 3 is 2.38 bits per heavy atom. The Morgan fingerprint density at radius 1 is 0.952 bits per heavy atom. The van der Waals surface area contributed by atoms with E-state index in [-0.39, 0.29) is 17.2 Å². The lowest BCUT2D eigenvalue weighted by Crippen LogP contribution is -2.38. The molecular weight excluding hydrogens is 524 g/mol. The lowest BCUT2D eigenvalue weighted by molar-refractivity contribution is 0.0895. The number of carbonyl (C=O) groups excluding carboxylic acids is 2. The fourth-order valence-corrected chi connectivity index (χ4v) is 5.29. The van der Waals surface area contributed by atoms with Crippen LogP contribution in [0.4, 0.5) is 16.3 Å². The van der Waals surface area contributed by atoms with E-state index >= 15 is 0 Å². The van der Waals surface area contributed by atoms with Crippen LogP contribution in [0.1, 0.15) is 60.8 Å². The lowest BCUT2D eigenvalue weighted by atomic mass is 9.89. The van der Waals surface area contributed by atoms with E-state index in [9.17, 15) is 9.59 Å². The summed E-state index contributed by atoms with van der Waals surface area (Å²) in [6.07, 6.45) is 6.20. The molecule has 2 N–H and O–H groups in total. The van der Waals surface area contributed by atoms with Crippen LogP contribution in [0.2, 0.25) is 0 Å². The highest BCUT2D eigenvalue weighted by Gasteiger charge is 2.24. The van der Waals surface area contributed by atoms with Gasteiger partial charge in [-0.1, -0.05) is 56.7 Å². The average molecular weight is 565 g/mol. The maximum atomic E-state index is 13.3. The fraction of sp³-hybridized carbons (Fsp3) is 0.353. The highest BCUT2D eigenvalue weighted by Crippen LogP contribution is 2.28. The summed E-state index contributed by atoms with van der Waals surface area (Å²) in [6.45, 7) is 10.6. The molecule has 1 aliphatic rings. The molecule has 0 radical (unpaired) electrons. The number of hydrogen-bond acceptors (Lipinski definition) is 5. The van der Waals surface area contributed by atoms with Crippen molar-refractivity contribution in [2.45, 2.75) is 52.4 Å². The molecule has 2 aromatic carbocycles. The zero-order valence-electron chi connectivity index (χ0n) is 24.9. The smallest absolute Gasteiger partial charge is 0.307 e. The molecule has 0 atom stereocenters. The number of amides is 2. The van der Waals surface area contributed by atoms with Crippen LogP contribution in [-0.4, -0.2) is 51.1 Å². The number of nitrogens with zero attached hydrogens (tertiary/aromatic N) is 4. The Morgan fingerprint density at radius 2 is 1.69 bits per heavy atom. The van der Waals surface area contributed by atoms with Crippen LogP contribution in [-0.2, 0) is 11.8 Å². The van der Waals surface area contributed by atoms with Crippen molar-refractivity contribution >= 4 is 23.3 Å². The Balaban J connectivity index is 1.22. The number of likely N-dealkylation sites (tertiary alicyclic amines) is 1. The standard InChI is InChI=1S/C34H40N6O2/c1-24-11-13-28(14-12-24)40-32(21-31(38-40)34(2,3)4)37-33(42)36-29-10-6-5-8-26(29)20-25-15-18-39(19-16-25)23-30(41)27-9-7-17-35-22-27/h5-14,17,21-22,25H,15-16,18-20,23H2,1-4H3,(H2,36,37,42). The van der Waals surface area contributed by atoms with Gasteiger partial charge in [-0.05, 0) is 81.1 Å². The van der Waals surface area contributed by atoms with Crippen LogP contribution >= 0.6 is 0 Å². The van der Waals surface area contributed by atoms with E-state index < -0.39 is 0 Å². The summed E-state index contributed by atoms with van der Waals surface area (Å²) >= 11 is 0. The van der Waals surface area contributed by atoms with E-state index in [4.69, 9.17) is 5.10 Å². The average Bonchev–Trinajstić information content (AvgIpc) is 3.40. The van der Waals surface area contributed by atoms with Gasteiger partial charge in [0.25, 0.3) is 0 Å². The number of ketones is 1. The molecule has 1 saturated heterocycles. The quantitative estimate of drug-likeness (QED) is 0.234. The number of aromatic nitrogens is 3. The van der Waals surface area contributed by atoms with Crippen LogP contribution in [0, 0.1) is 12.8 Å². The number of rotatable bonds is 8. The first-order chi connectivity index (χ1) is 20.2. The van der Waals surface area contributed by atoms with E-state index in [0.29, 0.717) is 23.8 Å². The second kappa shape index (κ2) is 12.7. The first kappa shape index (κ1) is 29.2. The molecular formula is C34H40N6O2. The Kier molecular flexibility index (Phi) is 8.83. The highest BCUT2D eigenvalue weighted by atomic mass is 16.2. The second-order valence-corrected chi connectivity index (χ2v) is 12.2. The molecule has 4 aromatic rings. The molecule has 42 heavy (non-hydrogen) atoms. The molecule has 1 fully saturated rings. The van der Waals surface area contributed by atoms with Gasteiger partial charge in [-0.25, -0.2) is 9.48 Å². The number of benzene rings is 2. The summed E-state index contributed by atoms with van der Waals surface area (Å²) in [4.78, 5) is 32.2. The van der Waals surface area contributed by atoms with Crippen LogP contribution in [0.3, 0.4) is 0 Å². The zero-order chi connectivity index (χ0) is 29.7. The Bertz CT molecular complexity index is 1510. The Labute approximate surface area is 248 Å². The van der Waals surface area contributed by atoms with Crippen LogP contribution in [0.15, 0.2) is 79.1 Å². The summed E-state index contributed by atoms with van der Waals surface area (Å²) in [5.74, 6) is 1.21. The van der Waals surface area contributed by atoms with Crippen molar-refractivity contribution in [3.05, 3.63) is 102 Å². The second-order valence-electron chi connectivity index (χ2n) is 12.2. The van der Waals surface area contributed by atoms with E-state index in [2.05, 4.69) is 47.4 Å². The number of carbonyl (C=O) groups is 2. The minimum absolute atomic E-state index is 0.112. The normalized spacial score (nSPS) is 14.5. The highest BCUT2D eigenvalue weighted by molar-refractivity contribution is 6.00. The summed E-state index contributed by atoms with van der Waals surface area (Å²) in [5, 5.41) is 10.9. The number of anilines is 2. The molecule has 5 rings (SSSR count). The summed E-state index contributed by atoms with van der Waals surface area (Å²) in [6, 6.07) is 21.3. The minimum Gasteiger partial charge on any atom is -0.307 e. The van der Waals surface area contributed by atoms with Crippen LogP contribution < -0.4 is 10.6 Å². The molecule has 0 bridgehead atoms. The summed E-state index contributed by atoms with van der Waals surface area (Å²) in [7, 11) is 0. The molecule has 8 nitrogen and oxygen atoms in total. The van der Waals surface area contributed by atoms with Crippen LogP contribution in [0.25, 0.3) is 5.69 Å². The largest absolute Gasteiger partial charge is 0.324 e. The van der Waals surface area contributed by atoms with Gasteiger partial charge in [0.15, 0.2) is 5.78 Å². The number of hydrogen-bond donors (Lipinski definition) is 2. The minimum atomic E-state index is -0.306. The summed E-state index contributed by atoms with van der Waals surface area (Å²) < 4.78 is 1.79. The first-order valence-corrected chi connectivity index (χ1v) is 14.6. The molecule has 0 unspecified atom stereocenters. The number of nitrogens with one attached hydrogen (secondary N) is 2. The predicted octanol–water partition coefficient (Wildman–Crippen LogP) is 6.65. The van der Waals surface area contributed by atoms with Gasteiger partial charge in [0, 0.05) is 35.1 Å². The van der Waals surface area contributed by atoms with Gasteiger partial charge in [0.2, 0.25) is 0 Å². The molecule has 218 valence electrons. The van der Waals surface area contributed by atoms with Crippen molar-refractivity contribution in [3.8, 4) is 5.69 Å². The third kappa shape index (κ3) is 7.31. The number of piperidine rings is 1. The maximum Gasteiger partial charge on any atom is 0.324 e. The van der Waals surface area contributed by atoms with Crippen molar-refractivity contribution < 1.29 is 9.59 Å². The van der Waals surface area contributed by atoms with Gasteiger partial charge in [-0.2, -0.15) is 5.10 Å². The predicted molar refractivity (Wildman–Crippen MR) is 168 cm³/mol. The monoisotopic (exact) mass is 564 g/mol. The van der Waals surface area contributed by atoms with Gasteiger partial charge >= 0.3 is 6.03 Å². The molecule has 0 aliphatic carbocycles. The summed E-state index contributed by atoms with van der Waals surface area (Å²) in [5.41, 5.74) is 5.36. The number of urea groups is 1. The van der Waals surface area contributed by atoms with Crippen molar-refractivity contribution in [1.82, 2.24) is 19.7 Å². The van der Waals surface area contributed by atoms with Crippen molar-refractivity contribution in [3.63, 3.8) is 0 Å². The lowest BCUT2D eigenvalue weighted by Gasteiger charge is -2.31. The molecule has 1 aliphatic heterocycles. The van der Waals surface area contributed by atoms with E-state index in [1.807, 2.05) is 61.5 Å². The number of pyridine rings is 1. The third-order valence-electron chi connectivity index (χ3n) is 7.83. The van der Waals surface area contributed by atoms with Crippen LogP contribution in [0.5, 0.6) is 0 Å². The van der Waals surface area contributed by atoms with Crippen molar-refractivity contribution in [2.75, 3.05) is 30.3 Å². The molecule has 2 amide bonds. The maximum absolute atomic E-state index is 13.3. The molecule has 0 spiro atoms. The van der Waals surface area contributed by atoms with Gasteiger partial charge in [0.05, 0.1) is 17.9 Å².